The maximum absolute atomic E-state index is 13.2. The number of rotatable bonds is 2. The number of carbonyl (C=O) groups excluding carboxylic acids is 1. The fourth-order valence-electron chi connectivity index (χ4n) is 3.96. The summed E-state index contributed by atoms with van der Waals surface area (Å²) in [5, 5.41) is 1.05. The van der Waals surface area contributed by atoms with Crippen molar-refractivity contribution >= 4 is 33.0 Å². The molecule has 3 aliphatic heterocycles. The van der Waals surface area contributed by atoms with Crippen molar-refractivity contribution in [2.24, 2.45) is 0 Å². The summed E-state index contributed by atoms with van der Waals surface area (Å²) in [7, 11) is 2.13. The van der Waals surface area contributed by atoms with Crippen LogP contribution in [0.3, 0.4) is 0 Å². The van der Waals surface area contributed by atoms with Crippen LogP contribution in [-0.2, 0) is 4.79 Å². The third-order valence-corrected chi connectivity index (χ3v) is 6.58. The van der Waals surface area contributed by atoms with Gasteiger partial charge < -0.3 is 4.90 Å². The van der Waals surface area contributed by atoms with Gasteiger partial charge in [0.05, 0.1) is 15.2 Å². The van der Waals surface area contributed by atoms with E-state index < -0.39 is 0 Å². The first kappa shape index (κ1) is 19.0. The number of fused-ring (bicyclic) bond motifs is 2. The molecule has 4 heterocycles. The second-order valence-electron chi connectivity index (χ2n) is 7.83. The Kier molecular flexibility index (Phi) is 4.85. The highest BCUT2D eigenvalue weighted by molar-refractivity contribution is 7.18. The van der Waals surface area contributed by atoms with E-state index in [0.717, 1.165) is 57.1 Å². The number of hydrogen-bond donors (Lipinski definition) is 0. The van der Waals surface area contributed by atoms with Gasteiger partial charge in [-0.3, -0.25) is 9.69 Å². The molecule has 1 aromatic carbocycles. The highest BCUT2D eigenvalue weighted by Crippen LogP contribution is 2.30. The average molecular weight is 414 g/mol. The number of aryl methyl sites for hydroxylation is 1. The number of nitrogens with zero attached hydrogens (tertiary/aromatic N) is 3. The molecule has 0 fully saturated rings. The summed E-state index contributed by atoms with van der Waals surface area (Å²) in [5.41, 5.74) is 6.26. The van der Waals surface area contributed by atoms with Crippen LogP contribution in [0.1, 0.15) is 17.0 Å². The van der Waals surface area contributed by atoms with Crippen LogP contribution in [0.5, 0.6) is 0 Å². The zero-order valence-electron chi connectivity index (χ0n) is 17.1. The van der Waals surface area contributed by atoms with Gasteiger partial charge in [0.2, 0.25) is 0 Å². The number of benzene rings is 1. The van der Waals surface area contributed by atoms with Crippen LogP contribution in [0.4, 0.5) is 0 Å². The van der Waals surface area contributed by atoms with Crippen molar-refractivity contribution in [3.63, 3.8) is 0 Å². The van der Waals surface area contributed by atoms with Gasteiger partial charge in [-0.25, -0.2) is 4.98 Å². The number of hydrogen-bond acceptors (Lipinski definition) is 4. The number of allylic oxidation sites excluding steroid dienone is 7. The van der Waals surface area contributed by atoms with E-state index in [1.54, 1.807) is 22.3 Å². The van der Waals surface area contributed by atoms with Gasteiger partial charge in [0.15, 0.2) is 0 Å². The molecule has 1 amide bonds. The lowest BCUT2D eigenvalue weighted by Crippen LogP contribution is -2.27. The maximum Gasteiger partial charge on any atom is 0.255 e. The second kappa shape index (κ2) is 7.67. The molecule has 150 valence electrons. The summed E-state index contributed by atoms with van der Waals surface area (Å²) in [6, 6.07) is 6.19. The topological polar surface area (TPSA) is 36.4 Å². The lowest BCUT2D eigenvalue weighted by atomic mass is 9.97. The third-order valence-electron chi connectivity index (χ3n) is 5.65. The van der Waals surface area contributed by atoms with Crippen molar-refractivity contribution in [3.8, 4) is 0 Å². The highest BCUT2D eigenvalue weighted by Gasteiger charge is 2.21. The molecule has 5 rings (SSSR count). The fourth-order valence-corrected chi connectivity index (χ4v) is 4.83. The predicted molar refractivity (Wildman–Crippen MR) is 124 cm³/mol. The van der Waals surface area contributed by atoms with Gasteiger partial charge in [-0.15, -0.1) is 11.3 Å². The molecule has 4 nitrogen and oxygen atoms in total. The van der Waals surface area contributed by atoms with Crippen molar-refractivity contribution < 1.29 is 4.79 Å². The van der Waals surface area contributed by atoms with E-state index in [1.165, 1.54) is 5.57 Å². The Labute approximate surface area is 180 Å². The highest BCUT2D eigenvalue weighted by atomic mass is 32.1. The van der Waals surface area contributed by atoms with Crippen molar-refractivity contribution in [1.82, 2.24) is 14.8 Å². The zero-order chi connectivity index (χ0) is 20.7. The van der Waals surface area contributed by atoms with Gasteiger partial charge in [-0.1, -0.05) is 30.4 Å². The number of aromatic nitrogens is 1. The number of carbonyl (C=O) groups is 1. The van der Waals surface area contributed by atoms with Gasteiger partial charge >= 0.3 is 0 Å². The molecule has 1 aromatic heterocycles. The smallest absolute Gasteiger partial charge is 0.255 e. The van der Waals surface area contributed by atoms with Crippen LogP contribution in [0.25, 0.3) is 15.8 Å². The molecule has 0 aliphatic carbocycles. The lowest BCUT2D eigenvalue weighted by Gasteiger charge is -2.27. The van der Waals surface area contributed by atoms with E-state index >= 15 is 0 Å². The molecular weight excluding hydrogens is 390 g/mol. The predicted octanol–water partition coefficient (Wildman–Crippen LogP) is 4.99. The Bertz CT molecular complexity index is 1220. The first-order chi connectivity index (χ1) is 14.6. The first-order valence-electron chi connectivity index (χ1n) is 10.2. The van der Waals surface area contributed by atoms with Crippen LogP contribution < -0.4 is 0 Å². The van der Waals surface area contributed by atoms with E-state index in [9.17, 15) is 4.79 Å². The van der Waals surface area contributed by atoms with Gasteiger partial charge in [0, 0.05) is 31.1 Å². The largest absolute Gasteiger partial charge is 0.302 e. The Morgan fingerprint density at radius 3 is 2.87 bits per heavy atom. The standard InChI is InChI=1S/C25H23N3OS/c1-17-26-23-9-7-20(14-24(23)30-17)19-4-3-5-22-8-6-21(16-28(22)25(29)15-19)18-10-12-27(2)13-11-18/h3-10,14-16H,11-13H2,1-2H3/b4-3+,19-15+,22-5+. The average Bonchev–Trinajstić information content (AvgIpc) is 3.11. The maximum atomic E-state index is 13.2. The van der Waals surface area contributed by atoms with Gasteiger partial charge in [0.1, 0.15) is 0 Å². The fraction of sp³-hybridized carbons (Fsp3) is 0.200. The van der Waals surface area contributed by atoms with Crippen LogP contribution >= 0.6 is 11.3 Å². The zero-order valence-corrected chi connectivity index (χ0v) is 17.9. The van der Waals surface area contributed by atoms with Crippen LogP contribution in [0, 0.1) is 6.92 Å². The summed E-state index contributed by atoms with van der Waals surface area (Å²) in [5.74, 6) is -0.0310. The molecule has 5 heteroatoms. The van der Waals surface area contributed by atoms with Crippen molar-refractivity contribution in [2.45, 2.75) is 13.3 Å². The SMILES string of the molecule is Cc1nc2ccc(C3=C\C(=O)N4C=C(C5=CCN(C)CC5)C=C\C4=C/C=C/3)cc2s1. The van der Waals surface area contributed by atoms with Crippen LogP contribution in [0.2, 0.25) is 0 Å². The summed E-state index contributed by atoms with van der Waals surface area (Å²) in [6.07, 6.45) is 17.1. The summed E-state index contributed by atoms with van der Waals surface area (Å²) in [6.45, 7) is 4.01. The van der Waals surface area contributed by atoms with Gasteiger partial charge in [0.25, 0.3) is 5.91 Å². The van der Waals surface area contributed by atoms with E-state index in [0.29, 0.717) is 0 Å². The summed E-state index contributed by atoms with van der Waals surface area (Å²) < 4.78 is 1.14. The second-order valence-corrected chi connectivity index (χ2v) is 9.07. The summed E-state index contributed by atoms with van der Waals surface area (Å²) >= 11 is 1.68. The Morgan fingerprint density at radius 2 is 2.03 bits per heavy atom. The van der Waals surface area contributed by atoms with Gasteiger partial charge in [-0.2, -0.15) is 0 Å². The van der Waals surface area contributed by atoms with Crippen LogP contribution in [0.15, 0.2) is 83.8 Å². The first-order valence-corrected chi connectivity index (χ1v) is 11.0. The minimum atomic E-state index is -0.0310. The lowest BCUT2D eigenvalue weighted by molar-refractivity contribution is -0.122. The van der Waals surface area contributed by atoms with Crippen LogP contribution in [-0.4, -0.2) is 40.8 Å². The van der Waals surface area contributed by atoms with Gasteiger partial charge in [-0.05, 0) is 67.0 Å². The van der Waals surface area contributed by atoms with E-state index in [2.05, 4.69) is 35.1 Å². The van der Waals surface area contributed by atoms with E-state index in [1.807, 2.05) is 49.6 Å². The minimum absolute atomic E-state index is 0.0310. The molecule has 30 heavy (non-hydrogen) atoms. The van der Waals surface area contributed by atoms with Crippen molar-refractivity contribution in [1.29, 1.82) is 0 Å². The number of amides is 1. The molecule has 0 N–H and O–H groups in total. The molecule has 0 unspecified atom stereocenters. The molecule has 2 aromatic rings. The summed E-state index contributed by atoms with van der Waals surface area (Å²) in [4.78, 5) is 21.8. The van der Waals surface area contributed by atoms with E-state index in [-0.39, 0.29) is 5.91 Å². The molecule has 0 atom stereocenters. The Hall–Kier alpha value is -3.02. The minimum Gasteiger partial charge on any atom is -0.302 e. The quantitative estimate of drug-likeness (QED) is 0.696. The third kappa shape index (κ3) is 3.62. The molecule has 0 saturated heterocycles. The molecule has 0 spiro atoms. The molecule has 0 saturated carbocycles. The molecule has 0 radical (unpaired) electrons. The van der Waals surface area contributed by atoms with Crippen molar-refractivity contribution in [3.05, 3.63) is 94.3 Å². The monoisotopic (exact) mass is 413 g/mol. The number of thiazole rings is 1. The number of likely N-dealkylation sites (N-methyl/N-ethyl adjacent to an activating group) is 1. The molecular formula is C25H23N3OS. The Morgan fingerprint density at radius 1 is 1.13 bits per heavy atom. The molecule has 0 bridgehead atoms. The van der Waals surface area contributed by atoms with E-state index in [4.69, 9.17) is 0 Å². The van der Waals surface area contributed by atoms with Crippen molar-refractivity contribution in [2.75, 3.05) is 20.1 Å². The normalized spacial score (nSPS) is 24.2. The Balaban J connectivity index is 1.49. The molecule has 3 aliphatic rings.